The fourth-order valence-electron chi connectivity index (χ4n) is 3.83. The van der Waals surface area contributed by atoms with Gasteiger partial charge in [-0.15, -0.1) is 0 Å². The topological polar surface area (TPSA) is 47.9 Å². The molecule has 2 fully saturated rings. The van der Waals surface area contributed by atoms with Crippen molar-refractivity contribution in [2.45, 2.75) is 63.0 Å². The summed E-state index contributed by atoms with van der Waals surface area (Å²) in [6.07, 6.45) is 10.5. The van der Waals surface area contributed by atoms with E-state index >= 15 is 0 Å². The lowest BCUT2D eigenvalue weighted by Gasteiger charge is -2.28. The molecular formula is C18H23NO3. The van der Waals surface area contributed by atoms with Gasteiger partial charge in [0.05, 0.1) is 13.2 Å². The largest absolute Gasteiger partial charge is 0.493 e. The lowest BCUT2D eigenvalue weighted by atomic mass is 9.88. The van der Waals surface area contributed by atoms with Crippen LogP contribution in [0.1, 0.15) is 56.9 Å². The minimum Gasteiger partial charge on any atom is -0.493 e. The van der Waals surface area contributed by atoms with Crippen molar-refractivity contribution in [3.8, 4) is 11.5 Å². The minimum atomic E-state index is -0.482. The first-order valence-electron chi connectivity index (χ1n) is 8.22. The van der Waals surface area contributed by atoms with E-state index in [1.807, 2.05) is 18.2 Å². The Hall–Kier alpha value is -1.80. The highest BCUT2D eigenvalue weighted by atomic mass is 16.5. The van der Waals surface area contributed by atoms with E-state index < -0.39 is 5.54 Å². The average Bonchev–Trinajstić information content (AvgIpc) is 3.20. The van der Waals surface area contributed by atoms with Gasteiger partial charge in [-0.1, -0.05) is 25.0 Å². The average molecular weight is 301 g/mol. The molecule has 22 heavy (non-hydrogen) atoms. The van der Waals surface area contributed by atoms with Crippen molar-refractivity contribution in [2.75, 3.05) is 7.11 Å². The number of para-hydroxylation sites is 1. The fraction of sp³-hybridized carbons (Fsp3) is 0.611. The van der Waals surface area contributed by atoms with Crippen molar-refractivity contribution in [1.82, 2.24) is 0 Å². The summed E-state index contributed by atoms with van der Waals surface area (Å²) in [5, 5.41) is 0. The van der Waals surface area contributed by atoms with E-state index in [2.05, 4.69) is 4.99 Å². The van der Waals surface area contributed by atoms with Gasteiger partial charge in [0.1, 0.15) is 5.54 Å². The van der Waals surface area contributed by atoms with E-state index in [1.165, 1.54) is 12.8 Å². The van der Waals surface area contributed by atoms with Gasteiger partial charge in [-0.2, -0.15) is 4.99 Å². The molecule has 0 saturated heterocycles. The highest BCUT2D eigenvalue weighted by Gasteiger charge is 2.39. The summed E-state index contributed by atoms with van der Waals surface area (Å²) in [7, 11) is 1.66. The third kappa shape index (κ3) is 2.76. The summed E-state index contributed by atoms with van der Waals surface area (Å²) in [6, 6.07) is 5.90. The van der Waals surface area contributed by atoms with Crippen LogP contribution >= 0.6 is 0 Å². The Kier molecular flexibility index (Phi) is 4.49. The van der Waals surface area contributed by atoms with Crippen molar-refractivity contribution in [3.63, 3.8) is 0 Å². The molecule has 0 bridgehead atoms. The van der Waals surface area contributed by atoms with E-state index in [4.69, 9.17) is 9.47 Å². The van der Waals surface area contributed by atoms with Crippen LogP contribution in [0.15, 0.2) is 23.2 Å². The summed E-state index contributed by atoms with van der Waals surface area (Å²) in [6.45, 7) is 0. The molecule has 0 unspecified atom stereocenters. The molecule has 0 spiro atoms. The van der Waals surface area contributed by atoms with Gasteiger partial charge in [0.25, 0.3) is 0 Å². The van der Waals surface area contributed by atoms with Crippen molar-refractivity contribution >= 4 is 6.08 Å². The predicted octanol–water partition coefficient (Wildman–Crippen LogP) is 4.12. The SMILES string of the molecule is COc1cccc(C2(N=C=O)CCCC2)c1OC1CCCC1. The number of rotatable bonds is 5. The second-order valence-electron chi connectivity index (χ2n) is 6.30. The molecule has 0 aliphatic heterocycles. The number of nitrogens with zero attached hydrogens (tertiary/aromatic N) is 1. The number of hydrogen-bond donors (Lipinski definition) is 0. The first-order valence-corrected chi connectivity index (χ1v) is 8.22. The van der Waals surface area contributed by atoms with E-state index in [9.17, 15) is 4.79 Å². The molecule has 1 aromatic carbocycles. The van der Waals surface area contributed by atoms with Crippen LogP contribution in [0.2, 0.25) is 0 Å². The molecule has 4 heteroatoms. The highest BCUT2D eigenvalue weighted by Crippen LogP contribution is 2.49. The highest BCUT2D eigenvalue weighted by molar-refractivity contribution is 5.52. The van der Waals surface area contributed by atoms with Crippen molar-refractivity contribution in [3.05, 3.63) is 23.8 Å². The van der Waals surface area contributed by atoms with Gasteiger partial charge in [-0.05, 0) is 44.6 Å². The Bertz CT molecular complexity index is 566. The second-order valence-corrected chi connectivity index (χ2v) is 6.30. The predicted molar refractivity (Wildman–Crippen MR) is 84.1 cm³/mol. The smallest absolute Gasteiger partial charge is 0.235 e. The van der Waals surface area contributed by atoms with Crippen LogP contribution in [-0.4, -0.2) is 19.3 Å². The summed E-state index contributed by atoms with van der Waals surface area (Å²) < 4.78 is 11.8. The summed E-state index contributed by atoms with van der Waals surface area (Å²) >= 11 is 0. The number of aliphatic imine (C=N–C) groups is 1. The molecule has 0 amide bonds. The molecule has 0 heterocycles. The third-order valence-corrected chi connectivity index (χ3v) is 4.98. The van der Waals surface area contributed by atoms with Gasteiger partial charge in [0.15, 0.2) is 11.5 Å². The Morgan fingerprint density at radius 3 is 2.55 bits per heavy atom. The number of hydrogen-bond acceptors (Lipinski definition) is 4. The normalized spacial score (nSPS) is 20.6. The maximum absolute atomic E-state index is 11.0. The maximum Gasteiger partial charge on any atom is 0.235 e. The van der Waals surface area contributed by atoms with Crippen LogP contribution in [0.25, 0.3) is 0 Å². The van der Waals surface area contributed by atoms with Gasteiger partial charge >= 0.3 is 0 Å². The number of methoxy groups -OCH3 is 1. The first-order chi connectivity index (χ1) is 10.8. The zero-order valence-corrected chi connectivity index (χ0v) is 13.1. The maximum atomic E-state index is 11.0. The quantitative estimate of drug-likeness (QED) is 0.607. The number of carbonyl (C=O) groups excluding carboxylic acids is 1. The summed E-state index contributed by atoms with van der Waals surface area (Å²) in [5.74, 6) is 1.51. The van der Waals surface area contributed by atoms with Crippen LogP contribution in [0.5, 0.6) is 11.5 Å². The van der Waals surface area contributed by atoms with Crippen LogP contribution in [-0.2, 0) is 10.3 Å². The number of isocyanates is 1. The molecule has 3 rings (SSSR count). The molecule has 0 aromatic heterocycles. The van der Waals surface area contributed by atoms with Gasteiger partial charge < -0.3 is 9.47 Å². The molecule has 4 nitrogen and oxygen atoms in total. The molecule has 0 radical (unpaired) electrons. The van der Waals surface area contributed by atoms with E-state index in [0.29, 0.717) is 0 Å². The molecule has 2 saturated carbocycles. The number of benzene rings is 1. The van der Waals surface area contributed by atoms with Crippen molar-refractivity contribution in [1.29, 1.82) is 0 Å². The van der Waals surface area contributed by atoms with E-state index in [1.54, 1.807) is 13.2 Å². The lowest BCUT2D eigenvalue weighted by molar-refractivity contribution is 0.194. The Balaban J connectivity index is 2.03. The lowest BCUT2D eigenvalue weighted by Crippen LogP contribution is -2.22. The van der Waals surface area contributed by atoms with Crippen LogP contribution in [0, 0.1) is 0 Å². The standard InChI is InChI=1S/C18H23NO3/c1-21-16-10-6-9-15(17(16)22-14-7-2-3-8-14)18(19-13-20)11-4-5-12-18/h6,9-10,14H,2-5,7-8,11-12H2,1H3. The van der Waals surface area contributed by atoms with Gasteiger partial charge in [0, 0.05) is 5.56 Å². The second kappa shape index (κ2) is 6.53. The zero-order chi connectivity index (χ0) is 15.4. The van der Waals surface area contributed by atoms with Gasteiger partial charge in [-0.3, -0.25) is 0 Å². The molecule has 2 aliphatic carbocycles. The number of ether oxygens (including phenoxy) is 2. The van der Waals surface area contributed by atoms with Crippen molar-refractivity contribution in [2.24, 2.45) is 4.99 Å². The molecule has 118 valence electrons. The van der Waals surface area contributed by atoms with E-state index in [0.717, 1.165) is 55.6 Å². The Morgan fingerprint density at radius 1 is 1.18 bits per heavy atom. The fourth-order valence-corrected chi connectivity index (χ4v) is 3.83. The van der Waals surface area contributed by atoms with Gasteiger partial charge in [-0.25, -0.2) is 4.79 Å². The van der Waals surface area contributed by atoms with Crippen LogP contribution in [0.3, 0.4) is 0 Å². The summed E-state index contributed by atoms with van der Waals surface area (Å²) in [4.78, 5) is 15.2. The third-order valence-electron chi connectivity index (χ3n) is 4.98. The zero-order valence-electron chi connectivity index (χ0n) is 13.1. The van der Waals surface area contributed by atoms with Crippen LogP contribution in [0.4, 0.5) is 0 Å². The molecule has 2 aliphatic rings. The molecule has 0 N–H and O–H groups in total. The Labute approximate surface area is 131 Å². The van der Waals surface area contributed by atoms with Crippen LogP contribution < -0.4 is 9.47 Å². The minimum absolute atomic E-state index is 0.244. The van der Waals surface area contributed by atoms with Gasteiger partial charge in [0.2, 0.25) is 6.08 Å². The van der Waals surface area contributed by atoms with E-state index in [-0.39, 0.29) is 6.10 Å². The molecule has 0 atom stereocenters. The first kappa shape index (κ1) is 15.1. The molecular weight excluding hydrogens is 278 g/mol. The summed E-state index contributed by atoms with van der Waals surface area (Å²) in [5.41, 5.74) is 0.504. The monoisotopic (exact) mass is 301 g/mol. The van der Waals surface area contributed by atoms with Crippen molar-refractivity contribution < 1.29 is 14.3 Å². The molecule has 1 aromatic rings. The Morgan fingerprint density at radius 2 is 1.91 bits per heavy atom.